The van der Waals surface area contributed by atoms with Gasteiger partial charge in [-0.1, -0.05) is 22.0 Å². The van der Waals surface area contributed by atoms with Gasteiger partial charge >= 0.3 is 0 Å². The molecule has 128 valence electrons. The van der Waals surface area contributed by atoms with Gasteiger partial charge in [-0.25, -0.2) is 0 Å². The number of anilines is 1. The molecule has 2 aromatic rings. The highest BCUT2D eigenvalue weighted by atomic mass is 79.9. The Morgan fingerprint density at radius 2 is 1.62 bits per heavy atom. The summed E-state index contributed by atoms with van der Waals surface area (Å²) in [5.74, 6) is 1.66. The van der Waals surface area contributed by atoms with Crippen LogP contribution in [0.15, 0.2) is 34.8 Å². The number of halogens is 1. The van der Waals surface area contributed by atoms with Crippen molar-refractivity contribution in [1.29, 1.82) is 0 Å². The molecule has 0 saturated heterocycles. The van der Waals surface area contributed by atoms with E-state index in [1.165, 1.54) is 0 Å². The van der Waals surface area contributed by atoms with Crippen molar-refractivity contribution in [2.45, 2.75) is 13.3 Å². The zero-order valence-electron chi connectivity index (χ0n) is 14.1. The van der Waals surface area contributed by atoms with Crippen molar-refractivity contribution in [3.8, 4) is 17.2 Å². The van der Waals surface area contributed by atoms with E-state index in [-0.39, 0.29) is 12.3 Å². The maximum atomic E-state index is 12.4. The minimum atomic E-state index is -0.146. The Bertz CT molecular complexity index is 746. The fourth-order valence-electron chi connectivity index (χ4n) is 2.32. The van der Waals surface area contributed by atoms with E-state index < -0.39 is 0 Å². The lowest BCUT2D eigenvalue weighted by Gasteiger charge is -2.13. The fraction of sp³-hybridized carbons (Fsp3) is 0.278. The minimum Gasteiger partial charge on any atom is -0.495 e. The molecule has 5 nitrogen and oxygen atoms in total. The number of amides is 1. The molecule has 0 heterocycles. The van der Waals surface area contributed by atoms with E-state index in [2.05, 4.69) is 21.2 Å². The van der Waals surface area contributed by atoms with E-state index in [4.69, 9.17) is 14.2 Å². The topological polar surface area (TPSA) is 56.8 Å². The van der Waals surface area contributed by atoms with Crippen LogP contribution in [0.4, 0.5) is 5.69 Å². The van der Waals surface area contributed by atoms with Crippen molar-refractivity contribution < 1.29 is 19.0 Å². The molecule has 0 aliphatic rings. The number of benzene rings is 2. The maximum absolute atomic E-state index is 12.4. The number of nitrogens with one attached hydrogen (secondary N) is 1. The van der Waals surface area contributed by atoms with Crippen LogP contribution in [-0.2, 0) is 11.2 Å². The first-order valence-corrected chi connectivity index (χ1v) is 8.12. The summed E-state index contributed by atoms with van der Waals surface area (Å²) in [6.07, 6.45) is 0.192. The van der Waals surface area contributed by atoms with E-state index in [0.717, 1.165) is 15.6 Å². The molecule has 6 heteroatoms. The van der Waals surface area contributed by atoms with Crippen LogP contribution in [0.2, 0.25) is 0 Å². The van der Waals surface area contributed by atoms with E-state index in [1.54, 1.807) is 33.5 Å². The zero-order valence-corrected chi connectivity index (χ0v) is 15.7. The number of carbonyl (C=O) groups is 1. The van der Waals surface area contributed by atoms with Crippen LogP contribution in [0.25, 0.3) is 0 Å². The lowest BCUT2D eigenvalue weighted by atomic mass is 10.1. The van der Waals surface area contributed by atoms with Crippen LogP contribution in [0, 0.1) is 6.92 Å². The molecule has 2 aromatic carbocycles. The predicted molar refractivity (Wildman–Crippen MR) is 97.3 cm³/mol. The van der Waals surface area contributed by atoms with Gasteiger partial charge in [-0.05, 0) is 42.3 Å². The first kappa shape index (κ1) is 18.1. The number of rotatable bonds is 6. The van der Waals surface area contributed by atoms with Crippen molar-refractivity contribution >= 4 is 27.5 Å². The summed E-state index contributed by atoms with van der Waals surface area (Å²) in [7, 11) is 4.71. The van der Waals surface area contributed by atoms with Crippen LogP contribution >= 0.6 is 15.9 Å². The van der Waals surface area contributed by atoms with Crippen LogP contribution in [-0.4, -0.2) is 27.2 Å². The van der Waals surface area contributed by atoms with Crippen molar-refractivity contribution in [2.24, 2.45) is 0 Å². The van der Waals surface area contributed by atoms with Gasteiger partial charge in [0.1, 0.15) is 5.75 Å². The molecule has 1 N–H and O–H groups in total. The highest BCUT2D eigenvalue weighted by Gasteiger charge is 2.14. The molecule has 0 aliphatic carbocycles. The second kappa shape index (κ2) is 8.06. The van der Waals surface area contributed by atoms with Crippen LogP contribution in [0.1, 0.15) is 11.1 Å². The summed E-state index contributed by atoms with van der Waals surface area (Å²) in [5.41, 5.74) is 2.49. The summed E-state index contributed by atoms with van der Waals surface area (Å²) in [6.45, 7) is 1.96. The van der Waals surface area contributed by atoms with Gasteiger partial charge in [0, 0.05) is 4.47 Å². The van der Waals surface area contributed by atoms with Gasteiger partial charge in [-0.3, -0.25) is 4.79 Å². The van der Waals surface area contributed by atoms with Crippen molar-refractivity contribution in [2.75, 3.05) is 26.6 Å². The summed E-state index contributed by atoms with van der Waals surface area (Å²) < 4.78 is 16.6. The first-order valence-electron chi connectivity index (χ1n) is 7.33. The van der Waals surface area contributed by atoms with Crippen LogP contribution < -0.4 is 19.5 Å². The van der Waals surface area contributed by atoms with Gasteiger partial charge in [0.15, 0.2) is 11.5 Å². The Morgan fingerprint density at radius 1 is 1.00 bits per heavy atom. The minimum absolute atomic E-state index is 0.146. The van der Waals surface area contributed by atoms with Gasteiger partial charge in [0.05, 0.1) is 33.4 Å². The molecule has 0 atom stereocenters. The quantitative estimate of drug-likeness (QED) is 0.806. The lowest BCUT2D eigenvalue weighted by Crippen LogP contribution is -2.15. The van der Waals surface area contributed by atoms with Crippen molar-refractivity contribution in [3.63, 3.8) is 0 Å². The number of hydrogen-bond donors (Lipinski definition) is 1. The summed E-state index contributed by atoms with van der Waals surface area (Å²) in [6, 6.07) is 9.21. The lowest BCUT2D eigenvalue weighted by molar-refractivity contribution is -0.115. The van der Waals surface area contributed by atoms with E-state index in [0.29, 0.717) is 22.9 Å². The highest BCUT2D eigenvalue weighted by molar-refractivity contribution is 9.10. The van der Waals surface area contributed by atoms with E-state index >= 15 is 0 Å². The molecular weight excluding hydrogens is 374 g/mol. The largest absolute Gasteiger partial charge is 0.495 e. The third-order valence-electron chi connectivity index (χ3n) is 3.53. The van der Waals surface area contributed by atoms with Gasteiger partial charge < -0.3 is 19.5 Å². The normalized spacial score (nSPS) is 10.2. The Balaban J connectivity index is 2.20. The Morgan fingerprint density at radius 3 is 2.25 bits per heavy atom. The average molecular weight is 394 g/mol. The predicted octanol–water partition coefficient (Wildman–Crippen LogP) is 3.96. The molecule has 0 aromatic heterocycles. The van der Waals surface area contributed by atoms with Gasteiger partial charge in [0.2, 0.25) is 5.91 Å². The van der Waals surface area contributed by atoms with Gasteiger partial charge in [0.25, 0.3) is 0 Å². The van der Waals surface area contributed by atoms with Crippen molar-refractivity contribution in [1.82, 2.24) is 0 Å². The second-order valence-corrected chi connectivity index (χ2v) is 6.08. The molecule has 0 saturated carbocycles. The molecule has 0 bridgehead atoms. The van der Waals surface area contributed by atoms with Gasteiger partial charge in [-0.2, -0.15) is 0 Å². The molecule has 0 unspecified atom stereocenters. The van der Waals surface area contributed by atoms with E-state index in [1.807, 2.05) is 25.1 Å². The van der Waals surface area contributed by atoms with Crippen LogP contribution in [0.5, 0.6) is 17.2 Å². The van der Waals surface area contributed by atoms with Crippen molar-refractivity contribution in [3.05, 3.63) is 45.9 Å². The number of ether oxygens (including phenoxy) is 3. The molecule has 0 fully saturated rings. The standard InChI is InChI=1S/C18H20BrNO4/c1-11-5-6-15(22-2)14(7-11)20-18(21)9-12-8-16(23-3)17(24-4)10-13(12)19/h5-8,10H,9H2,1-4H3,(H,20,21). The van der Waals surface area contributed by atoms with E-state index in [9.17, 15) is 4.79 Å². The molecule has 1 amide bonds. The molecule has 24 heavy (non-hydrogen) atoms. The van der Waals surface area contributed by atoms with Gasteiger partial charge in [-0.15, -0.1) is 0 Å². The average Bonchev–Trinajstić information content (AvgIpc) is 2.56. The smallest absolute Gasteiger partial charge is 0.228 e. The first-order chi connectivity index (χ1) is 11.5. The third-order valence-corrected chi connectivity index (χ3v) is 4.27. The van der Waals surface area contributed by atoms with Crippen LogP contribution in [0.3, 0.4) is 0 Å². The number of aryl methyl sites for hydroxylation is 1. The third kappa shape index (κ3) is 4.20. The number of methoxy groups -OCH3 is 3. The second-order valence-electron chi connectivity index (χ2n) is 5.23. The fourth-order valence-corrected chi connectivity index (χ4v) is 2.78. The summed E-state index contributed by atoms with van der Waals surface area (Å²) in [4.78, 5) is 12.4. The summed E-state index contributed by atoms with van der Waals surface area (Å²) >= 11 is 3.46. The SMILES string of the molecule is COc1ccc(C)cc1NC(=O)Cc1cc(OC)c(OC)cc1Br. The maximum Gasteiger partial charge on any atom is 0.228 e. The molecule has 0 spiro atoms. The Kier molecular flexibility index (Phi) is 6.09. The Labute approximate surface area is 150 Å². The summed E-state index contributed by atoms with van der Waals surface area (Å²) in [5, 5.41) is 2.89. The highest BCUT2D eigenvalue weighted by Crippen LogP contribution is 2.34. The molecule has 0 radical (unpaired) electrons. The molecular formula is C18H20BrNO4. The molecule has 0 aliphatic heterocycles. The zero-order chi connectivity index (χ0) is 17.7. The number of carbonyl (C=O) groups excluding carboxylic acids is 1. The Hall–Kier alpha value is -2.21. The number of hydrogen-bond acceptors (Lipinski definition) is 4. The molecule has 2 rings (SSSR count). The monoisotopic (exact) mass is 393 g/mol.